The van der Waals surface area contributed by atoms with Gasteiger partial charge in [0.05, 0.1) is 0 Å². The Kier molecular flexibility index (Phi) is 5.26. The van der Waals surface area contributed by atoms with Gasteiger partial charge in [-0.15, -0.1) is 0 Å². The third-order valence-electron chi connectivity index (χ3n) is 4.64. The number of nitrogens with zero attached hydrogens (tertiary/aromatic N) is 2. The second kappa shape index (κ2) is 6.72. The number of rotatable bonds is 3. The van der Waals surface area contributed by atoms with Crippen molar-refractivity contribution in [2.24, 2.45) is 11.7 Å². The van der Waals surface area contributed by atoms with Crippen molar-refractivity contribution in [1.29, 1.82) is 0 Å². The van der Waals surface area contributed by atoms with Gasteiger partial charge in [0.1, 0.15) is 0 Å². The summed E-state index contributed by atoms with van der Waals surface area (Å²) >= 11 is 0. The molecule has 0 aromatic carbocycles. The van der Waals surface area contributed by atoms with Crippen LogP contribution < -0.4 is 5.73 Å². The summed E-state index contributed by atoms with van der Waals surface area (Å²) in [5, 5.41) is 0. The maximum Gasteiger partial charge on any atom is 0.0108 e. The van der Waals surface area contributed by atoms with Gasteiger partial charge in [-0.25, -0.2) is 0 Å². The predicted molar refractivity (Wildman–Crippen MR) is 73.1 cm³/mol. The minimum absolute atomic E-state index is 0.759. The highest BCUT2D eigenvalue weighted by atomic mass is 15.2. The molecule has 2 rings (SSSR count). The largest absolute Gasteiger partial charge is 0.330 e. The second-order valence-corrected chi connectivity index (χ2v) is 5.76. The van der Waals surface area contributed by atoms with E-state index >= 15 is 0 Å². The van der Waals surface area contributed by atoms with Crippen LogP contribution in [0, 0.1) is 5.92 Å². The van der Waals surface area contributed by atoms with Gasteiger partial charge in [0.25, 0.3) is 0 Å². The molecule has 0 aliphatic carbocycles. The molecular formula is C14H29N3. The lowest BCUT2D eigenvalue weighted by molar-refractivity contribution is 0.115. The van der Waals surface area contributed by atoms with Gasteiger partial charge in [0, 0.05) is 12.6 Å². The van der Waals surface area contributed by atoms with E-state index in [-0.39, 0.29) is 0 Å². The van der Waals surface area contributed by atoms with E-state index < -0.39 is 0 Å². The van der Waals surface area contributed by atoms with Crippen molar-refractivity contribution >= 4 is 0 Å². The van der Waals surface area contributed by atoms with E-state index in [0.717, 1.165) is 18.5 Å². The van der Waals surface area contributed by atoms with Crippen LogP contribution in [-0.2, 0) is 0 Å². The second-order valence-electron chi connectivity index (χ2n) is 5.76. The van der Waals surface area contributed by atoms with Crippen LogP contribution in [0.2, 0.25) is 0 Å². The maximum atomic E-state index is 5.83. The van der Waals surface area contributed by atoms with Gasteiger partial charge < -0.3 is 15.5 Å². The molecule has 0 aromatic rings. The molecule has 3 heteroatoms. The molecule has 2 atom stereocenters. The highest BCUT2D eigenvalue weighted by molar-refractivity contribution is 4.82. The third kappa shape index (κ3) is 3.67. The summed E-state index contributed by atoms with van der Waals surface area (Å²) in [5.74, 6) is 0.759. The SMILES string of the molecule is CCN1CCCC(N2CCCC(CN)C2)CC1. The molecular weight excluding hydrogens is 210 g/mol. The van der Waals surface area contributed by atoms with Gasteiger partial charge >= 0.3 is 0 Å². The van der Waals surface area contributed by atoms with E-state index in [1.807, 2.05) is 0 Å². The lowest BCUT2D eigenvalue weighted by Gasteiger charge is -2.37. The summed E-state index contributed by atoms with van der Waals surface area (Å²) in [6, 6.07) is 0.834. The van der Waals surface area contributed by atoms with Gasteiger partial charge in [-0.1, -0.05) is 6.92 Å². The Balaban J connectivity index is 1.84. The van der Waals surface area contributed by atoms with Crippen LogP contribution in [0.25, 0.3) is 0 Å². The summed E-state index contributed by atoms with van der Waals surface area (Å²) in [6.07, 6.45) is 6.85. The van der Waals surface area contributed by atoms with E-state index in [0.29, 0.717) is 0 Å². The lowest BCUT2D eigenvalue weighted by atomic mass is 9.95. The molecule has 2 unspecified atom stereocenters. The smallest absolute Gasteiger partial charge is 0.0108 e. The maximum absolute atomic E-state index is 5.83. The van der Waals surface area contributed by atoms with Gasteiger partial charge in [-0.05, 0) is 70.7 Å². The van der Waals surface area contributed by atoms with Gasteiger partial charge in [0.2, 0.25) is 0 Å². The minimum atomic E-state index is 0.759. The molecule has 0 radical (unpaired) electrons. The van der Waals surface area contributed by atoms with E-state index in [4.69, 9.17) is 5.73 Å². The molecule has 17 heavy (non-hydrogen) atoms. The Hall–Kier alpha value is -0.120. The summed E-state index contributed by atoms with van der Waals surface area (Å²) < 4.78 is 0. The number of likely N-dealkylation sites (tertiary alicyclic amines) is 2. The highest BCUT2D eigenvalue weighted by Crippen LogP contribution is 2.23. The van der Waals surface area contributed by atoms with Crippen molar-refractivity contribution in [1.82, 2.24) is 9.80 Å². The molecule has 2 fully saturated rings. The Morgan fingerprint density at radius 1 is 1.06 bits per heavy atom. The Morgan fingerprint density at radius 3 is 2.65 bits per heavy atom. The monoisotopic (exact) mass is 239 g/mol. The summed E-state index contributed by atoms with van der Waals surface area (Å²) in [5.41, 5.74) is 5.83. The molecule has 0 spiro atoms. The summed E-state index contributed by atoms with van der Waals surface area (Å²) in [6.45, 7) is 9.56. The topological polar surface area (TPSA) is 32.5 Å². The van der Waals surface area contributed by atoms with Crippen LogP contribution in [0.4, 0.5) is 0 Å². The average molecular weight is 239 g/mol. The zero-order valence-electron chi connectivity index (χ0n) is 11.4. The molecule has 0 aromatic heterocycles. The molecule has 2 aliphatic rings. The van der Waals surface area contributed by atoms with Crippen LogP contribution in [0.15, 0.2) is 0 Å². The first-order valence-electron chi connectivity index (χ1n) is 7.50. The molecule has 2 aliphatic heterocycles. The van der Waals surface area contributed by atoms with Crippen molar-refractivity contribution in [2.45, 2.75) is 45.1 Å². The Bertz CT molecular complexity index is 220. The van der Waals surface area contributed by atoms with Crippen LogP contribution >= 0.6 is 0 Å². The zero-order valence-corrected chi connectivity index (χ0v) is 11.4. The van der Waals surface area contributed by atoms with Crippen LogP contribution in [0.5, 0.6) is 0 Å². The molecule has 3 nitrogen and oxygen atoms in total. The third-order valence-corrected chi connectivity index (χ3v) is 4.64. The number of piperidine rings is 1. The molecule has 2 heterocycles. The number of hydrogen-bond donors (Lipinski definition) is 1. The Morgan fingerprint density at radius 2 is 1.88 bits per heavy atom. The van der Waals surface area contributed by atoms with E-state index in [2.05, 4.69) is 16.7 Å². The standard InChI is InChI=1S/C14H29N3/c1-2-16-8-4-6-14(7-10-16)17-9-3-5-13(11-15)12-17/h13-14H,2-12,15H2,1H3. The highest BCUT2D eigenvalue weighted by Gasteiger charge is 2.26. The van der Waals surface area contributed by atoms with Gasteiger partial charge in [-0.2, -0.15) is 0 Å². The predicted octanol–water partition coefficient (Wildman–Crippen LogP) is 1.53. The first-order valence-corrected chi connectivity index (χ1v) is 7.50. The summed E-state index contributed by atoms with van der Waals surface area (Å²) in [7, 11) is 0. The van der Waals surface area contributed by atoms with Crippen molar-refractivity contribution in [2.75, 3.05) is 39.3 Å². The fourth-order valence-electron chi connectivity index (χ4n) is 3.44. The molecule has 2 N–H and O–H groups in total. The van der Waals surface area contributed by atoms with E-state index in [1.54, 1.807) is 0 Å². The summed E-state index contributed by atoms with van der Waals surface area (Å²) in [4.78, 5) is 5.34. The molecule has 0 bridgehead atoms. The van der Waals surface area contributed by atoms with Gasteiger partial charge in [0.15, 0.2) is 0 Å². The number of hydrogen-bond acceptors (Lipinski definition) is 3. The normalized spacial score (nSPS) is 33.5. The van der Waals surface area contributed by atoms with Crippen molar-refractivity contribution in [3.63, 3.8) is 0 Å². The molecule has 0 amide bonds. The fraction of sp³-hybridized carbons (Fsp3) is 1.00. The first kappa shape index (κ1) is 13.3. The molecule has 0 saturated carbocycles. The fourth-order valence-corrected chi connectivity index (χ4v) is 3.44. The number of nitrogens with two attached hydrogens (primary N) is 1. The van der Waals surface area contributed by atoms with Crippen molar-refractivity contribution < 1.29 is 0 Å². The molecule has 2 saturated heterocycles. The zero-order chi connectivity index (χ0) is 12.1. The lowest BCUT2D eigenvalue weighted by Crippen LogP contribution is -2.44. The van der Waals surface area contributed by atoms with Crippen LogP contribution in [0.1, 0.15) is 39.0 Å². The van der Waals surface area contributed by atoms with Crippen LogP contribution in [0.3, 0.4) is 0 Å². The van der Waals surface area contributed by atoms with E-state index in [9.17, 15) is 0 Å². The Labute approximate surface area is 106 Å². The molecule has 100 valence electrons. The van der Waals surface area contributed by atoms with Crippen LogP contribution in [-0.4, -0.2) is 55.1 Å². The van der Waals surface area contributed by atoms with E-state index in [1.165, 1.54) is 64.8 Å². The quantitative estimate of drug-likeness (QED) is 0.811. The average Bonchev–Trinajstić information content (AvgIpc) is 2.64. The first-order chi connectivity index (χ1) is 8.33. The van der Waals surface area contributed by atoms with Crippen molar-refractivity contribution in [3.8, 4) is 0 Å². The van der Waals surface area contributed by atoms with Crippen molar-refractivity contribution in [3.05, 3.63) is 0 Å². The van der Waals surface area contributed by atoms with Gasteiger partial charge in [-0.3, -0.25) is 0 Å². The minimum Gasteiger partial charge on any atom is -0.330 e.